The Labute approximate surface area is 188 Å². The zero-order valence-corrected chi connectivity index (χ0v) is 18.4. The highest BCUT2D eigenvalue weighted by molar-refractivity contribution is 7.80. The number of thiocarbonyl (C=S) groups is 1. The van der Waals surface area contributed by atoms with Crippen molar-refractivity contribution >= 4 is 34.5 Å². The van der Waals surface area contributed by atoms with E-state index in [-0.39, 0.29) is 11.2 Å². The van der Waals surface area contributed by atoms with Gasteiger partial charge in [-0.25, -0.2) is 9.37 Å². The van der Waals surface area contributed by atoms with Crippen molar-refractivity contribution in [1.29, 1.82) is 0 Å². The van der Waals surface area contributed by atoms with Crippen LogP contribution in [0, 0.1) is 12.7 Å². The van der Waals surface area contributed by atoms with Crippen molar-refractivity contribution in [3.8, 4) is 0 Å². The van der Waals surface area contributed by atoms with Gasteiger partial charge in [0.15, 0.2) is 5.11 Å². The summed E-state index contributed by atoms with van der Waals surface area (Å²) in [5.74, 6) is 0.575. The van der Waals surface area contributed by atoms with Crippen LogP contribution in [0.25, 0.3) is 0 Å². The van der Waals surface area contributed by atoms with Gasteiger partial charge in [0.05, 0.1) is 11.9 Å². The average Bonchev–Trinajstić information content (AvgIpc) is 3.24. The van der Waals surface area contributed by atoms with Gasteiger partial charge in [0.1, 0.15) is 11.6 Å². The lowest BCUT2D eigenvalue weighted by molar-refractivity contribution is 0.434. The number of hydrogen-bond acceptors (Lipinski definition) is 3. The number of anilines is 3. The molecule has 2 aromatic carbocycles. The van der Waals surface area contributed by atoms with Crippen LogP contribution in [0.15, 0.2) is 66.9 Å². The first-order valence-electron chi connectivity index (χ1n) is 10.6. The molecule has 1 aromatic heterocycles. The summed E-state index contributed by atoms with van der Waals surface area (Å²) >= 11 is 5.52. The number of aromatic nitrogens is 1. The number of nitrogens with one attached hydrogen (secondary N) is 3. The van der Waals surface area contributed by atoms with Crippen LogP contribution in [0.5, 0.6) is 0 Å². The summed E-state index contributed by atoms with van der Waals surface area (Å²) in [7, 11) is 0. The summed E-state index contributed by atoms with van der Waals surface area (Å²) in [6, 6.07) is 18.9. The number of pyridine rings is 1. The van der Waals surface area contributed by atoms with Crippen molar-refractivity contribution in [2.24, 2.45) is 0 Å². The molecular weight excluding hydrogens is 407 g/mol. The molecule has 0 radical (unpaired) electrons. The van der Waals surface area contributed by atoms with Crippen LogP contribution in [-0.2, 0) is 5.41 Å². The van der Waals surface area contributed by atoms with E-state index in [2.05, 4.69) is 40.0 Å². The summed E-state index contributed by atoms with van der Waals surface area (Å²) in [5, 5.41) is 10.4. The second kappa shape index (κ2) is 9.43. The molecule has 1 aliphatic rings. The minimum absolute atomic E-state index is 0.000712. The van der Waals surface area contributed by atoms with E-state index in [4.69, 9.17) is 12.2 Å². The van der Waals surface area contributed by atoms with E-state index in [1.807, 2.05) is 36.4 Å². The zero-order chi connectivity index (χ0) is 21.7. The molecule has 1 saturated carbocycles. The lowest BCUT2D eigenvalue weighted by Crippen LogP contribution is -2.40. The molecule has 1 heterocycles. The molecule has 0 saturated heterocycles. The molecule has 1 aliphatic carbocycles. The van der Waals surface area contributed by atoms with Gasteiger partial charge in [-0.05, 0) is 79.5 Å². The molecule has 0 unspecified atom stereocenters. The summed E-state index contributed by atoms with van der Waals surface area (Å²) in [5.41, 5.74) is 4.21. The molecule has 0 aliphatic heterocycles. The van der Waals surface area contributed by atoms with E-state index in [9.17, 15) is 4.39 Å². The van der Waals surface area contributed by atoms with Crippen LogP contribution < -0.4 is 16.0 Å². The number of benzene rings is 2. The van der Waals surface area contributed by atoms with Crippen LogP contribution in [-0.4, -0.2) is 16.6 Å². The van der Waals surface area contributed by atoms with E-state index >= 15 is 0 Å². The highest BCUT2D eigenvalue weighted by atomic mass is 32.1. The third kappa shape index (κ3) is 5.39. The average molecular weight is 435 g/mol. The molecule has 6 heteroatoms. The standard InChI is InChI=1S/C25H27FN4S/c1-18-5-4-6-21(15-18)29-23-12-11-22(16-27-23)30-24(31)28-17-25(13-2-3-14-25)19-7-9-20(26)10-8-19/h4-12,15-16H,2-3,13-14,17H2,1H3,(H,27,29)(H2,28,30,31). The van der Waals surface area contributed by atoms with Gasteiger partial charge in [-0.1, -0.05) is 37.1 Å². The van der Waals surface area contributed by atoms with Gasteiger partial charge in [0, 0.05) is 17.6 Å². The van der Waals surface area contributed by atoms with Crippen LogP contribution in [0.2, 0.25) is 0 Å². The monoisotopic (exact) mass is 434 g/mol. The topological polar surface area (TPSA) is 49.0 Å². The quantitative estimate of drug-likeness (QED) is 0.411. The minimum atomic E-state index is -0.199. The maximum Gasteiger partial charge on any atom is 0.170 e. The van der Waals surface area contributed by atoms with E-state index in [0.29, 0.717) is 5.11 Å². The lowest BCUT2D eigenvalue weighted by atomic mass is 9.79. The first kappa shape index (κ1) is 21.2. The van der Waals surface area contributed by atoms with Gasteiger partial charge in [-0.3, -0.25) is 0 Å². The number of aryl methyl sites for hydroxylation is 1. The molecule has 4 nitrogen and oxygen atoms in total. The number of hydrogen-bond donors (Lipinski definition) is 3. The van der Waals surface area contributed by atoms with Crippen LogP contribution in [0.4, 0.5) is 21.6 Å². The van der Waals surface area contributed by atoms with E-state index < -0.39 is 0 Å². The largest absolute Gasteiger partial charge is 0.362 e. The molecule has 1 fully saturated rings. The van der Waals surface area contributed by atoms with Gasteiger partial charge in [0.2, 0.25) is 0 Å². The second-order valence-corrected chi connectivity index (χ2v) is 8.64. The third-order valence-corrected chi connectivity index (χ3v) is 6.16. The number of halogens is 1. The Morgan fingerprint density at radius 1 is 1.03 bits per heavy atom. The maximum atomic E-state index is 13.4. The fourth-order valence-electron chi connectivity index (χ4n) is 4.26. The Kier molecular flexibility index (Phi) is 6.47. The molecule has 0 atom stereocenters. The predicted molar refractivity (Wildman–Crippen MR) is 129 cm³/mol. The molecule has 0 spiro atoms. The molecule has 0 amide bonds. The number of nitrogens with zero attached hydrogens (tertiary/aromatic N) is 1. The van der Waals surface area contributed by atoms with Crippen molar-refractivity contribution in [2.75, 3.05) is 17.2 Å². The van der Waals surface area contributed by atoms with Gasteiger partial charge < -0.3 is 16.0 Å². The predicted octanol–water partition coefficient (Wildman–Crippen LogP) is 6.07. The van der Waals surface area contributed by atoms with Crippen molar-refractivity contribution in [3.63, 3.8) is 0 Å². The maximum absolute atomic E-state index is 13.4. The lowest BCUT2D eigenvalue weighted by Gasteiger charge is -2.30. The van der Waals surface area contributed by atoms with E-state index in [1.165, 1.54) is 24.0 Å². The highest BCUT2D eigenvalue weighted by Gasteiger charge is 2.35. The van der Waals surface area contributed by atoms with Crippen LogP contribution in [0.3, 0.4) is 0 Å². The Morgan fingerprint density at radius 3 is 2.48 bits per heavy atom. The molecule has 160 valence electrons. The van der Waals surface area contributed by atoms with Crippen molar-refractivity contribution < 1.29 is 4.39 Å². The molecule has 3 N–H and O–H groups in total. The summed E-state index contributed by atoms with van der Waals surface area (Å²) in [6.07, 6.45) is 6.28. The Morgan fingerprint density at radius 2 is 1.81 bits per heavy atom. The van der Waals surface area contributed by atoms with Gasteiger partial charge in [-0.2, -0.15) is 0 Å². The SMILES string of the molecule is Cc1cccc(Nc2ccc(NC(=S)NCC3(c4ccc(F)cc4)CCCC3)cn2)c1. The van der Waals surface area contributed by atoms with Crippen molar-refractivity contribution in [2.45, 2.75) is 38.0 Å². The number of rotatable bonds is 6. The van der Waals surface area contributed by atoms with Crippen LogP contribution in [0.1, 0.15) is 36.8 Å². The van der Waals surface area contributed by atoms with Crippen molar-refractivity contribution in [1.82, 2.24) is 10.3 Å². The second-order valence-electron chi connectivity index (χ2n) is 8.23. The molecule has 4 rings (SSSR count). The van der Waals surface area contributed by atoms with Gasteiger partial charge >= 0.3 is 0 Å². The zero-order valence-electron chi connectivity index (χ0n) is 17.6. The minimum Gasteiger partial charge on any atom is -0.362 e. The molecule has 0 bridgehead atoms. The first-order chi connectivity index (χ1) is 15.0. The van der Waals surface area contributed by atoms with Crippen molar-refractivity contribution in [3.05, 3.63) is 83.8 Å². The molecular formula is C25H27FN4S. The van der Waals surface area contributed by atoms with Crippen LogP contribution >= 0.6 is 12.2 Å². The summed E-state index contributed by atoms with van der Waals surface area (Å²) < 4.78 is 13.4. The Hall–Kier alpha value is -2.99. The van der Waals surface area contributed by atoms with Gasteiger partial charge in [-0.15, -0.1) is 0 Å². The smallest absolute Gasteiger partial charge is 0.170 e. The molecule has 3 aromatic rings. The summed E-state index contributed by atoms with van der Waals surface area (Å²) in [4.78, 5) is 4.47. The highest BCUT2D eigenvalue weighted by Crippen LogP contribution is 2.40. The first-order valence-corrected chi connectivity index (χ1v) is 11.0. The molecule has 31 heavy (non-hydrogen) atoms. The Bertz CT molecular complexity index is 1030. The summed E-state index contributed by atoms with van der Waals surface area (Å²) in [6.45, 7) is 2.79. The van der Waals surface area contributed by atoms with E-state index in [0.717, 1.165) is 36.6 Å². The Balaban J connectivity index is 1.34. The normalized spacial score (nSPS) is 14.8. The van der Waals surface area contributed by atoms with E-state index in [1.54, 1.807) is 18.3 Å². The fourth-order valence-corrected chi connectivity index (χ4v) is 4.45. The van der Waals surface area contributed by atoms with Gasteiger partial charge in [0.25, 0.3) is 0 Å². The fraction of sp³-hybridized carbons (Fsp3) is 0.280. The third-order valence-electron chi connectivity index (χ3n) is 5.92.